The number of likely N-dealkylation sites (tertiary alicyclic amines) is 2. The van der Waals surface area contributed by atoms with E-state index in [2.05, 4.69) is 55.9 Å². The van der Waals surface area contributed by atoms with Crippen LogP contribution in [0.15, 0.2) is 29.1 Å². The maximum absolute atomic E-state index is 12.8. The predicted molar refractivity (Wildman–Crippen MR) is 142 cm³/mol. The SMILES string of the molecule is CCCCOc1nc(N)c2[nH]c(=O)n(Cc3ccc(C(N4CCCCC4)N4CCCCC4)cc3)c2n1. The van der Waals surface area contributed by atoms with Gasteiger partial charge >= 0.3 is 11.7 Å². The van der Waals surface area contributed by atoms with Gasteiger partial charge in [-0.05, 0) is 69.4 Å². The van der Waals surface area contributed by atoms with Crippen LogP contribution in [0.2, 0.25) is 0 Å². The van der Waals surface area contributed by atoms with Crippen LogP contribution in [0, 0.1) is 0 Å². The van der Waals surface area contributed by atoms with Crippen LogP contribution in [0.3, 0.4) is 0 Å². The van der Waals surface area contributed by atoms with Crippen LogP contribution in [-0.2, 0) is 6.54 Å². The zero-order valence-corrected chi connectivity index (χ0v) is 21.4. The molecule has 0 bridgehead atoms. The Kier molecular flexibility index (Phi) is 7.87. The molecule has 9 nitrogen and oxygen atoms in total. The van der Waals surface area contributed by atoms with Gasteiger partial charge in [-0.1, -0.05) is 50.5 Å². The van der Waals surface area contributed by atoms with E-state index in [0.717, 1.165) is 44.6 Å². The number of benzene rings is 1. The van der Waals surface area contributed by atoms with Crippen molar-refractivity contribution in [3.05, 3.63) is 45.9 Å². The molecule has 36 heavy (non-hydrogen) atoms. The molecule has 0 aliphatic carbocycles. The number of anilines is 1. The summed E-state index contributed by atoms with van der Waals surface area (Å²) in [4.78, 5) is 29.6. The Labute approximate surface area is 212 Å². The van der Waals surface area contributed by atoms with E-state index in [-0.39, 0.29) is 17.5 Å². The lowest BCUT2D eigenvalue weighted by Gasteiger charge is -2.43. The number of unbranched alkanes of at least 4 members (excludes halogenated alkanes) is 1. The fourth-order valence-corrected chi connectivity index (χ4v) is 5.51. The number of aromatic amines is 1. The number of nitrogens with zero attached hydrogens (tertiary/aromatic N) is 5. The summed E-state index contributed by atoms with van der Waals surface area (Å²) in [5, 5.41) is 0. The van der Waals surface area contributed by atoms with Crippen molar-refractivity contribution in [3.63, 3.8) is 0 Å². The third-order valence-corrected chi connectivity index (χ3v) is 7.45. The fraction of sp³-hybridized carbons (Fsp3) is 0.593. The number of nitrogens with two attached hydrogens (primary N) is 1. The summed E-state index contributed by atoms with van der Waals surface area (Å²) in [6, 6.07) is 8.98. The standard InChI is InChI=1S/C27H39N7O2/c1-2-3-18-36-26-30-23(28)22-24(31-26)34(27(35)29-22)19-20-10-12-21(13-11-20)25(32-14-6-4-7-15-32)33-16-8-5-9-17-33/h10-13,25H,2-9,14-19H2,1H3,(H,29,35)(H2,28,30,31). The van der Waals surface area contributed by atoms with E-state index in [1.54, 1.807) is 4.57 Å². The summed E-state index contributed by atoms with van der Waals surface area (Å²) in [6.45, 7) is 7.68. The van der Waals surface area contributed by atoms with Gasteiger partial charge in [0.1, 0.15) is 5.52 Å². The zero-order valence-electron chi connectivity index (χ0n) is 21.4. The molecule has 4 heterocycles. The van der Waals surface area contributed by atoms with Crippen molar-refractivity contribution in [1.29, 1.82) is 0 Å². The summed E-state index contributed by atoms with van der Waals surface area (Å²) in [7, 11) is 0. The summed E-state index contributed by atoms with van der Waals surface area (Å²) in [6.07, 6.45) is 10.0. The molecular weight excluding hydrogens is 454 g/mol. The number of nitrogens with one attached hydrogen (secondary N) is 1. The highest BCUT2D eigenvalue weighted by molar-refractivity contribution is 5.81. The second kappa shape index (κ2) is 11.4. The summed E-state index contributed by atoms with van der Waals surface area (Å²) >= 11 is 0. The predicted octanol–water partition coefficient (Wildman–Crippen LogP) is 3.90. The molecule has 0 radical (unpaired) electrons. The molecule has 194 valence electrons. The van der Waals surface area contributed by atoms with Crippen LogP contribution < -0.4 is 16.2 Å². The number of rotatable bonds is 9. The number of fused-ring (bicyclic) bond motifs is 1. The minimum Gasteiger partial charge on any atom is -0.463 e. The van der Waals surface area contributed by atoms with Gasteiger partial charge in [0.05, 0.1) is 19.3 Å². The van der Waals surface area contributed by atoms with Gasteiger partial charge in [0.15, 0.2) is 11.5 Å². The van der Waals surface area contributed by atoms with E-state index in [1.165, 1.54) is 44.1 Å². The van der Waals surface area contributed by atoms with Crippen molar-refractivity contribution >= 4 is 17.0 Å². The molecule has 2 aliphatic heterocycles. The normalized spacial score (nSPS) is 17.7. The van der Waals surface area contributed by atoms with E-state index in [4.69, 9.17) is 10.5 Å². The van der Waals surface area contributed by atoms with Gasteiger partial charge in [-0.3, -0.25) is 14.4 Å². The van der Waals surface area contributed by atoms with Crippen LogP contribution in [0.1, 0.15) is 75.6 Å². The van der Waals surface area contributed by atoms with Crippen LogP contribution in [0.4, 0.5) is 5.82 Å². The number of H-pyrrole nitrogens is 1. The van der Waals surface area contributed by atoms with Gasteiger partial charge in [0.25, 0.3) is 0 Å². The fourth-order valence-electron chi connectivity index (χ4n) is 5.51. The molecular formula is C27H39N7O2. The highest BCUT2D eigenvalue weighted by Gasteiger charge is 2.29. The van der Waals surface area contributed by atoms with Gasteiger partial charge in [-0.2, -0.15) is 9.97 Å². The van der Waals surface area contributed by atoms with Crippen molar-refractivity contribution in [2.45, 2.75) is 71.0 Å². The molecule has 0 unspecified atom stereocenters. The minimum absolute atomic E-state index is 0.211. The molecule has 2 fully saturated rings. The summed E-state index contributed by atoms with van der Waals surface area (Å²) < 4.78 is 7.28. The average molecular weight is 494 g/mol. The lowest BCUT2D eigenvalue weighted by Crippen LogP contribution is -2.45. The van der Waals surface area contributed by atoms with E-state index in [1.807, 2.05) is 0 Å². The number of nitrogen functional groups attached to an aromatic ring is 1. The lowest BCUT2D eigenvalue weighted by molar-refractivity contribution is 0.0156. The first-order chi connectivity index (χ1) is 17.6. The average Bonchev–Trinajstić information content (AvgIpc) is 3.22. The molecule has 2 aromatic heterocycles. The Bertz CT molecular complexity index is 1170. The molecule has 5 rings (SSSR count). The van der Waals surface area contributed by atoms with Gasteiger partial charge < -0.3 is 15.5 Å². The highest BCUT2D eigenvalue weighted by atomic mass is 16.5. The Hall–Kier alpha value is -2.91. The zero-order chi connectivity index (χ0) is 24.9. The molecule has 2 aliphatic rings. The lowest BCUT2D eigenvalue weighted by atomic mass is 10.0. The number of imidazole rings is 1. The van der Waals surface area contributed by atoms with Gasteiger partial charge in [-0.15, -0.1) is 0 Å². The quantitative estimate of drug-likeness (QED) is 0.436. The highest BCUT2D eigenvalue weighted by Crippen LogP contribution is 2.31. The molecule has 0 amide bonds. The summed E-state index contributed by atoms with van der Waals surface area (Å²) in [5.74, 6) is 0.226. The molecule has 1 aromatic carbocycles. The molecule has 0 spiro atoms. The first-order valence-electron chi connectivity index (χ1n) is 13.6. The Morgan fingerprint density at radius 1 is 0.972 bits per heavy atom. The first-order valence-corrected chi connectivity index (χ1v) is 13.6. The second-order valence-corrected chi connectivity index (χ2v) is 10.1. The third-order valence-electron chi connectivity index (χ3n) is 7.45. The number of hydrogen-bond acceptors (Lipinski definition) is 7. The maximum atomic E-state index is 12.8. The number of aromatic nitrogens is 4. The van der Waals surface area contributed by atoms with Crippen molar-refractivity contribution in [2.75, 3.05) is 38.5 Å². The topological polar surface area (TPSA) is 105 Å². The molecule has 3 N–H and O–H groups in total. The second-order valence-electron chi connectivity index (χ2n) is 10.1. The van der Waals surface area contributed by atoms with Gasteiger partial charge in [0.2, 0.25) is 0 Å². The van der Waals surface area contributed by atoms with E-state index < -0.39 is 0 Å². The van der Waals surface area contributed by atoms with E-state index in [0.29, 0.717) is 30.5 Å². The smallest absolute Gasteiger partial charge is 0.328 e. The van der Waals surface area contributed by atoms with Crippen molar-refractivity contribution in [3.8, 4) is 6.01 Å². The monoisotopic (exact) mass is 493 g/mol. The van der Waals surface area contributed by atoms with Crippen molar-refractivity contribution < 1.29 is 4.74 Å². The Morgan fingerprint density at radius 3 is 2.22 bits per heavy atom. The largest absolute Gasteiger partial charge is 0.463 e. The van der Waals surface area contributed by atoms with Crippen LogP contribution in [-0.4, -0.2) is 62.1 Å². The third kappa shape index (κ3) is 5.42. The van der Waals surface area contributed by atoms with Crippen LogP contribution >= 0.6 is 0 Å². The first kappa shape index (κ1) is 24.8. The number of hydrogen-bond donors (Lipinski definition) is 2. The Balaban J connectivity index is 1.39. The summed E-state index contributed by atoms with van der Waals surface area (Å²) in [5.41, 5.74) is 9.17. The molecule has 2 saturated heterocycles. The van der Waals surface area contributed by atoms with Crippen molar-refractivity contribution in [2.24, 2.45) is 0 Å². The van der Waals surface area contributed by atoms with E-state index in [9.17, 15) is 4.79 Å². The van der Waals surface area contributed by atoms with Gasteiger partial charge in [0, 0.05) is 0 Å². The van der Waals surface area contributed by atoms with Crippen LogP contribution in [0.5, 0.6) is 6.01 Å². The number of piperidine rings is 2. The number of ether oxygens (including phenoxy) is 1. The maximum Gasteiger partial charge on any atom is 0.328 e. The van der Waals surface area contributed by atoms with E-state index >= 15 is 0 Å². The van der Waals surface area contributed by atoms with Crippen LogP contribution in [0.25, 0.3) is 11.2 Å². The Morgan fingerprint density at radius 2 is 1.61 bits per heavy atom. The van der Waals surface area contributed by atoms with Crippen molar-refractivity contribution in [1.82, 2.24) is 29.3 Å². The molecule has 0 saturated carbocycles. The molecule has 0 atom stereocenters. The van der Waals surface area contributed by atoms with Gasteiger partial charge in [-0.25, -0.2) is 4.79 Å². The minimum atomic E-state index is -0.250. The molecule has 9 heteroatoms. The molecule has 3 aromatic rings.